The molecule has 1 aromatic carbocycles. The number of morpholine rings is 1. The lowest BCUT2D eigenvalue weighted by atomic mass is 10.1. The van der Waals surface area contributed by atoms with Crippen LogP contribution in [0.4, 0.5) is 20.5 Å². The number of aromatic nitrogens is 4. The van der Waals surface area contributed by atoms with Crippen molar-refractivity contribution in [2.45, 2.75) is 51.2 Å². The molecule has 1 atom stereocenters. The number of rotatable bonds is 9. The number of amides is 1. The van der Waals surface area contributed by atoms with Crippen molar-refractivity contribution in [2.75, 3.05) is 56.2 Å². The molecule has 12 heteroatoms. The lowest BCUT2D eigenvalue weighted by molar-refractivity contribution is -0.134. The van der Waals surface area contributed by atoms with Crippen molar-refractivity contribution < 1.29 is 23.0 Å². The maximum atomic E-state index is 14.1. The first-order valence-electron chi connectivity index (χ1n) is 14.1. The number of piperidine rings is 1. The van der Waals surface area contributed by atoms with Gasteiger partial charge in [-0.15, -0.1) is 0 Å². The van der Waals surface area contributed by atoms with E-state index in [1.54, 1.807) is 37.3 Å². The van der Waals surface area contributed by atoms with Crippen LogP contribution in [0, 0.1) is 5.92 Å². The van der Waals surface area contributed by atoms with Crippen LogP contribution in [0.2, 0.25) is 0 Å². The van der Waals surface area contributed by atoms with E-state index in [0.717, 1.165) is 25.4 Å². The van der Waals surface area contributed by atoms with Gasteiger partial charge in [-0.05, 0) is 50.7 Å². The molecule has 1 aliphatic carbocycles. The minimum atomic E-state index is -2.80. The summed E-state index contributed by atoms with van der Waals surface area (Å²) in [5.41, 5.74) is 0.971. The van der Waals surface area contributed by atoms with E-state index in [-0.39, 0.29) is 23.8 Å². The average molecular weight is 556 g/mol. The summed E-state index contributed by atoms with van der Waals surface area (Å²) in [6.45, 7) is 6.16. The lowest BCUT2D eigenvalue weighted by Crippen LogP contribution is -2.47. The van der Waals surface area contributed by atoms with Crippen LogP contribution in [0.5, 0.6) is 0 Å². The largest absolute Gasteiger partial charge is 0.378 e. The normalized spacial score (nSPS) is 19.4. The van der Waals surface area contributed by atoms with E-state index in [1.165, 1.54) is 17.4 Å². The maximum Gasteiger partial charge on any atom is 0.296 e. The molecule has 3 fully saturated rings. The third-order valence-corrected chi connectivity index (χ3v) is 7.78. The summed E-state index contributed by atoms with van der Waals surface area (Å²) in [5, 5.41) is 3.15. The second-order valence-corrected chi connectivity index (χ2v) is 10.8. The molecular formula is C28H35F2N7O3. The SMILES string of the molecule is C[C@H](Nc1nc(N2CCOCC2)cc(-n2c(C(F)F)nc3ccccc32)n1)C(=O)N1CCC(OCC2CC2)CC1. The molecule has 0 bridgehead atoms. The van der Waals surface area contributed by atoms with E-state index in [0.29, 0.717) is 56.2 Å². The van der Waals surface area contributed by atoms with Gasteiger partial charge in [0.2, 0.25) is 11.9 Å². The van der Waals surface area contributed by atoms with Crippen molar-refractivity contribution in [3.05, 3.63) is 36.2 Å². The zero-order chi connectivity index (χ0) is 27.6. The summed E-state index contributed by atoms with van der Waals surface area (Å²) in [6, 6.07) is 8.06. The monoisotopic (exact) mass is 555 g/mol. The number of alkyl halides is 2. The molecule has 2 saturated heterocycles. The van der Waals surface area contributed by atoms with Gasteiger partial charge in [-0.1, -0.05) is 12.1 Å². The Morgan fingerprint density at radius 2 is 1.77 bits per heavy atom. The third kappa shape index (κ3) is 5.87. The highest BCUT2D eigenvalue weighted by molar-refractivity contribution is 5.84. The molecule has 0 radical (unpaired) electrons. The number of nitrogens with one attached hydrogen (secondary N) is 1. The molecule has 4 heterocycles. The molecule has 2 aromatic heterocycles. The number of fused-ring (bicyclic) bond motifs is 1. The van der Waals surface area contributed by atoms with Gasteiger partial charge in [-0.3, -0.25) is 9.36 Å². The standard InChI is InChI=1S/C28H35F2N7O3/c1-18(27(38)36-10-8-20(9-11-36)40-17-19-6-7-19)31-28-33-23(35-12-14-39-15-13-35)16-24(34-28)37-22-5-3-2-4-21(22)32-26(37)25(29)30/h2-5,16,18-20,25H,6-15,17H2,1H3,(H,31,33,34)/t18-/m0/s1. The molecule has 2 aliphatic heterocycles. The Balaban J connectivity index is 1.24. The smallest absolute Gasteiger partial charge is 0.296 e. The molecule has 3 aromatic rings. The number of carbonyl (C=O) groups is 1. The Morgan fingerprint density at radius 1 is 1.05 bits per heavy atom. The van der Waals surface area contributed by atoms with Gasteiger partial charge in [0.05, 0.1) is 30.4 Å². The van der Waals surface area contributed by atoms with Crippen molar-refractivity contribution >= 4 is 28.7 Å². The Hall–Kier alpha value is -3.38. The Morgan fingerprint density at radius 3 is 2.50 bits per heavy atom. The minimum Gasteiger partial charge on any atom is -0.378 e. The summed E-state index contributed by atoms with van der Waals surface area (Å²) in [5.74, 6) is 1.30. The molecule has 1 saturated carbocycles. The predicted molar refractivity (Wildman–Crippen MR) is 146 cm³/mol. The molecule has 40 heavy (non-hydrogen) atoms. The summed E-state index contributed by atoms with van der Waals surface area (Å²) < 4.78 is 41.1. The van der Waals surface area contributed by atoms with Gasteiger partial charge in [-0.25, -0.2) is 13.8 Å². The fourth-order valence-corrected chi connectivity index (χ4v) is 5.32. The second-order valence-electron chi connectivity index (χ2n) is 10.8. The van der Waals surface area contributed by atoms with Gasteiger partial charge in [0.1, 0.15) is 17.7 Å². The summed E-state index contributed by atoms with van der Waals surface area (Å²) in [6.07, 6.45) is 1.57. The van der Waals surface area contributed by atoms with Crippen molar-refractivity contribution in [1.82, 2.24) is 24.4 Å². The Bertz CT molecular complexity index is 1330. The van der Waals surface area contributed by atoms with Crippen LogP contribution in [-0.4, -0.2) is 88.5 Å². The molecule has 0 spiro atoms. The molecule has 0 unspecified atom stereocenters. The number of nitrogens with zero attached hydrogens (tertiary/aromatic N) is 6. The molecule has 6 rings (SSSR count). The fraction of sp³-hybridized carbons (Fsp3) is 0.571. The van der Waals surface area contributed by atoms with E-state index in [2.05, 4.69) is 20.3 Å². The van der Waals surface area contributed by atoms with Crippen LogP contribution < -0.4 is 10.2 Å². The quantitative estimate of drug-likeness (QED) is 0.426. The number of imidazole rings is 1. The van der Waals surface area contributed by atoms with Crippen LogP contribution in [0.1, 0.15) is 44.9 Å². The summed E-state index contributed by atoms with van der Waals surface area (Å²) >= 11 is 0. The molecule has 1 amide bonds. The van der Waals surface area contributed by atoms with Crippen LogP contribution in [-0.2, 0) is 14.3 Å². The average Bonchev–Trinajstić information content (AvgIpc) is 3.73. The van der Waals surface area contributed by atoms with E-state index < -0.39 is 18.3 Å². The number of hydrogen-bond acceptors (Lipinski definition) is 8. The number of benzene rings is 1. The maximum absolute atomic E-state index is 14.1. The highest BCUT2D eigenvalue weighted by atomic mass is 19.3. The van der Waals surface area contributed by atoms with Gasteiger partial charge in [0.25, 0.3) is 6.43 Å². The number of hydrogen-bond donors (Lipinski definition) is 1. The first-order valence-corrected chi connectivity index (χ1v) is 14.1. The predicted octanol–water partition coefficient (Wildman–Crippen LogP) is 3.81. The minimum absolute atomic E-state index is 0.0519. The van der Waals surface area contributed by atoms with Gasteiger partial charge >= 0.3 is 0 Å². The first-order chi connectivity index (χ1) is 19.5. The van der Waals surface area contributed by atoms with E-state index in [4.69, 9.17) is 9.47 Å². The number of likely N-dealkylation sites (tertiary alicyclic amines) is 1. The summed E-state index contributed by atoms with van der Waals surface area (Å²) in [7, 11) is 0. The number of ether oxygens (including phenoxy) is 2. The zero-order valence-corrected chi connectivity index (χ0v) is 22.6. The highest BCUT2D eigenvalue weighted by Gasteiger charge is 2.29. The number of halogens is 2. The Kier molecular flexibility index (Phi) is 7.79. The van der Waals surface area contributed by atoms with E-state index >= 15 is 0 Å². The van der Waals surface area contributed by atoms with Gasteiger partial charge < -0.3 is 24.6 Å². The fourth-order valence-electron chi connectivity index (χ4n) is 5.32. The first kappa shape index (κ1) is 26.8. The van der Waals surface area contributed by atoms with Gasteiger partial charge in [0.15, 0.2) is 5.82 Å². The van der Waals surface area contributed by atoms with Crippen LogP contribution >= 0.6 is 0 Å². The lowest BCUT2D eigenvalue weighted by Gasteiger charge is -2.33. The van der Waals surface area contributed by atoms with Gasteiger partial charge in [-0.2, -0.15) is 9.97 Å². The number of carbonyl (C=O) groups excluding carboxylic acids is 1. The van der Waals surface area contributed by atoms with Crippen LogP contribution in [0.3, 0.4) is 0 Å². The third-order valence-electron chi connectivity index (χ3n) is 7.78. The van der Waals surface area contributed by atoms with Crippen molar-refractivity contribution in [3.63, 3.8) is 0 Å². The molecular weight excluding hydrogens is 520 g/mol. The zero-order valence-electron chi connectivity index (χ0n) is 22.6. The molecule has 3 aliphatic rings. The van der Waals surface area contributed by atoms with Crippen molar-refractivity contribution in [2.24, 2.45) is 5.92 Å². The number of anilines is 2. The number of para-hydroxylation sites is 2. The van der Waals surface area contributed by atoms with E-state index in [9.17, 15) is 13.6 Å². The van der Waals surface area contributed by atoms with Crippen LogP contribution in [0.15, 0.2) is 30.3 Å². The van der Waals surface area contributed by atoms with E-state index in [1.807, 2.05) is 9.80 Å². The Labute approximate surface area is 231 Å². The highest BCUT2D eigenvalue weighted by Crippen LogP contribution is 2.31. The van der Waals surface area contributed by atoms with Crippen molar-refractivity contribution in [1.29, 1.82) is 0 Å². The second kappa shape index (κ2) is 11.6. The van der Waals surface area contributed by atoms with Crippen molar-refractivity contribution in [3.8, 4) is 5.82 Å². The molecule has 10 nitrogen and oxygen atoms in total. The summed E-state index contributed by atoms with van der Waals surface area (Å²) in [4.78, 5) is 30.7. The van der Waals surface area contributed by atoms with Crippen LogP contribution in [0.25, 0.3) is 16.9 Å². The molecule has 1 N–H and O–H groups in total. The topological polar surface area (TPSA) is 97.6 Å². The van der Waals surface area contributed by atoms with Gasteiger partial charge in [0, 0.05) is 38.9 Å². The molecule has 214 valence electrons.